The molecule has 0 bridgehead atoms. The summed E-state index contributed by atoms with van der Waals surface area (Å²) in [6, 6.07) is 5.71. The van der Waals surface area contributed by atoms with E-state index in [1.807, 2.05) is 18.2 Å². The molecule has 3 heteroatoms. The lowest BCUT2D eigenvalue weighted by Crippen LogP contribution is -2.10. The summed E-state index contributed by atoms with van der Waals surface area (Å²) < 4.78 is 0. The molecule has 66 valence electrons. The Hall–Kier alpha value is -1.09. The molecule has 0 spiro atoms. The average Bonchev–Trinajstić information content (AvgIpc) is 2.05. The topological polar surface area (TPSA) is 45.1 Å². The highest BCUT2D eigenvalue weighted by molar-refractivity contribution is 5.32. The lowest BCUT2D eigenvalue weighted by molar-refractivity contribution is 0.188. The normalized spacial score (nSPS) is 12.5. The lowest BCUT2D eigenvalue weighted by atomic mass is 10.3. The molecule has 0 amide bonds. The highest BCUT2D eigenvalue weighted by Gasteiger charge is 1.94. The highest BCUT2D eigenvalue weighted by Crippen LogP contribution is 2.00. The molecular weight excluding hydrogens is 152 g/mol. The number of anilines is 1. The van der Waals surface area contributed by atoms with Gasteiger partial charge in [0, 0.05) is 12.7 Å². The molecule has 2 N–H and O–H groups in total. The van der Waals surface area contributed by atoms with Crippen molar-refractivity contribution in [2.45, 2.75) is 19.4 Å². The fourth-order valence-corrected chi connectivity index (χ4v) is 0.876. The van der Waals surface area contributed by atoms with Gasteiger partial charge in [0.15, 0.2) is 0 Å². The minimum atomic E-state index is -0.249. The van der Waals surface area contributed by atoms with E-state index in [4.69, 9.17) is 5.11 Å². The van der Waals surface area contributed by atoms with Gasteiger partial charge in [-0.25, -0.2) is 4.98 Å². The van der Waals surface area contributed by atoms with Gasteiger partial charge in [-0.1, -0.05) is 6.07 Å². The second kappa shape index (κ2) is 4.72. The number of aliphatic hydroxyl groups excluding tert-OH is 1. The van der Waals surface area contributed by atoms with Crippen molar-refractivity contribution in [1.29, 1.82) is 0 Å². The minimum Gasteiger partial charge on any atom is -0.393 e. The van der Waals surface area contributed by atoms with Crippen LogP contribution in [0, 0.1) is 0 Å². The van der Waals surface area contributed by atoms with Crippen molar-refractivity contribution in [2.24, 2.45) is 0 Å². The largest absolute Gasteiger partial charge is 0.393 e. The summed E-state index contributed by atoms with van der Waals surface area (Å²) in [4.78, 5) is 4.08. The van der Waals surface area contributed by atoms with Gasteiger partial charge in [0.1, 0.15) is 5.82 Å². The molecule has 1 aromatic rings. The molecule has 0 aliphatic carbocycles. The number of nitrogens with zero attached hydrogens (tertiary/aromatic N) is 1. The van der Waals surface area contributed by atoms with Crippen molar-refractivity contribution in [3.8, 4) is 0 Å². The first-order valence-corrected chi connectivity index (χ1v) is 4.12. The fraction of sp³-hybridized carbons (Fsp3) is 0.444. The van der Waals surface area contributed by atoms with E-state index in [-0.39, 0.29) is 6.10 Å². The van der Waals surface area contributed by atoms with E-state index in [0.717, 1.165) is 18.8 Å². The Morgan fingerprint density at radius 1 is 1.58 bits per heavy atom. The van der Waals surface area contributed by atoms with Gasteiger partial charge in [-0.3, -0.25) is 0 Å². The molecule has 3 nitrogen and oxygen atoms in total. The average molecular weight is 166 g/mol. The lowest BCUT2D eigenvalue weighted by Gasteiger charge is -2.05. The summed E-state index contributed by atoms with van der Waals surface area (Å²) >= 11 is 0. The minimum absolute atomic E-state index is 0.249. The maximum absolute atomic E-state index is 8.97. The number of nitrogens with one attached hydrogen (secondary N) is 1. The first-order valence-electron chi connectivity index (χ1n) is 4.12. The second-order valence-electron chi connectivity index (χ2n) is 2.78. The van der Waals surface area contributed by atoms with Gasteiger partial charge in [-0.15, -0.1) is 0 Å². The van der Waals surface area contributed by atoms with Crippen molar-refractivity contribution in [1.82, 2.24) is 4.98 Å². The van der Waals surface area contributed by atoms with E-state index in [0.29, 0.717) is 0 Å². The van der Waals surface area contributed by atoms with Crippen LogP contribution < -0.4 is 5.32 Å². The monoisotopic (exact) mass is 166 g/mol. The van der Waals surface area contributed by atoms with Crippen LogP contribution >= 0.6 is 0 Å². The zero-order valence-corrected chi connectivity index (χ0v) is 7.20. The maximum atomic E-state index is 8.97. The molecule has 12 heavy (non-hydrogen) atoms. The number of pyridine rings is 1. The molecule has 0 saturated heterocycles. The van der Waals surface area contributed by atoms with Crippen LogP contribution in [-0.2, 0) is 0 Å². The van der Waals surface area contributed by atoms with Gasteiger partial charge >= 0.3 is 0 Å². The Labute approximate surface area is 72.5 Å². The molecule has 0 aromatic carbocycles. The van der Waals surface area contributed by atoms with Crippen LogP contribution in [0.4, 0.5) is 5.82 Å². The standard InChI is InChI=1S/C9H14N2O/c1-8(12)5-7-11-9-4-2-3-6-10-9/h2-4,6,8,12H,5,7H2,1H3,(H,10,11). The first kappa shape index (κ1) is 9.00. The van der Waals surface area contributed by atoms with Gasteiger partial charge < -0.3 is 10.4 Å². The predicted octanol–water partition coefficient (Wildman–Crippen LogP) is 1.26. The molecule has 1 heterocycles. The Balaban J connectivity index is 2.25. The Bertz CT molecular complexity index is 211. The third-order valence-electron chi connectivity index (χ3n) is 1.53. The van der Waals surface area contributed by atoms with Gasteiger partial charge in [0.2, 0.25) is 0 Å². The zero-order valence-electron chi connectivity index (χ0n) is 7.20. The van der Waals surface area contributed by atoms with Crippen molar-refractivity contribution in [3.63, 3.8) is 0 Å². The van der Waals surface area contributed by atoms with Gasteiger partial charge in [0.25, 0.3) is 0 Å². The van der Waals surface area contributed by atoms with Crippen LogP contribution in [0.1, 0.15) is 13.3 Å². The summed E-state index contributed by atoms with van der Waals surface area (Å²) in [7, 11) is 0. The molecule has 0 radical (unpaired) electrons. The van der Waals surface area contributed by atoms with Gasteiger partial charge in [0.05, 0.1) is 6.10 Å². The first-order chi connectivity index (χ1) is 5.79. The van der Waals surface area contributed by atoms with Gasteiger partial charge in [-0.2, -0.15) is 0 Å². The molecule has 0 aliphatic heterocycles. The van der Waals surface area contributed by atoms with Crippen LogP contribution in [0.2, 0.25) is 0 Å². The summed E-state index contributed by atoms with van der Waals surface area (Å²) in [6.07, 6.45) is 2.24. The van der Waals surface area contributed by atoms with E-state index in [9.17, 15) is 0 Å². The van der Waals surface area contributed by atoms with Crippen molar-refractivity contribution >= 4 is 5.82 Å². The van der Waals surface area contributed by atoms with Gasteiger partial charge in [-0.05, 0) is 25.5 Å². The van der Waals surface area contributed by atoms with E-state index >= 15 is 0 Å². The summed E-state index contributed by atoms with van der Waals surface area (Å²) in [5.74, 6) is 0.859. The molecule has 1 aromatic heterocycles. The van der Waals surface area contributed by atoms with Crippen molar-refractivity contribution in [3.05, 3.63) is 24.4 Å². The van der Waals surface area contributed by atoms with Crippen LogP contribution in [-0.4, -0.2) is 22.7 Å². The van der Waals surface area contributed by atoms with Crippen LogP contribution in [0.25, 0.3) is 0 Å². The Morgan fingerprint density at radius 2 is 2.42 bits per heavy atom. The second-order valence-corrected chi connectivity index (χ2v) is 2.78. The number of hydrogen-bond acceptors (Lipinski definition) is 3. The summed E-state index contributed by atoms with van der Waals surface area (Å²) in [6.45, 7) is 2.54. The molecule has 0 saturated carbocycles. The number of hydrogen-bond donors (Lipinski definition) is 2. The number of aliphatic hydroxyl groups is 1. The smallest absolute Gasteiger partial charge is 0.125 e. The highest BCUT2D eigenvalue weighted by atomic mass is 16.3. The Morgan fingerprint density at radius 3 is 3.00 bits per heavy atom. The molecule has 0 aliphatic rings. The number of rotatable bonds is 4. The zero-order chi connectivity index (χ0) is 8.81. The molecule has 1 atom stereocenters. The van der Waals surface area contributed by atoms with E-state index in [1.165, 1.54) is 0 Å². The van der Waals surface area contributed by atoms with E-state index in [2.05, 4.69) is 10.3 Å². The number of aromatic nitrogens is 1. The molecular formula is C9H14N2O. The van der Waals surface area contributed by atoms with Crippen molar-refractivity contribution < 1.29 is 5.11 Å². The SMILES string of the molecule is CC(O)CCNc1ccccn1. The third kappa shape index (κ3) is 3.34. The van der Waals surface area contributed by atoms with Crippen LogP contribution in [0.5, 0.6) is 0 Å². The molecule has 0 fully saturated rings. The van der Waals surface area contributed by atoms with Crippen LogP contribution in [0.3, 0.4) is 0 Å². The summed E-state index contributed by atoms with van der Waals surface area (Å²) in [5, 5.41) is 12.1. The Kier molecular flexibility index (Phi) is 3.54. The van der Waals surface area contributed by atoms with E-state index < -0.39 is 0 Å². The predicted molar refractivity (Wildman–Crippen MR) is 49.0 cm³/mol. The summed E-state index contributed by atoms with van der Waals surface area (Å²) in [5.41, 5.74) is 0. The quantitative estimate of drug-likeness (QED) is 0.708. The van der Waals surface area contributed by atoms with E-state index in [1.54, 1.807) is 13.1 Å². The van der Waals surface area contributed by atoms with Crippen molar-refractivity contribution in [2.75, 3.05) is 11.9 Å². The maximum Gasteiger partial charge on any atom is 0.125 e. The molecule has 1 unspecified atom stereocenters. The molecule has 1 rings (SSSR count). The van der Waals surface area contributed by atoms with Crippen LogP contribution in [0.15, 0.2) is 24.4 Å². The third-order valence-corrected chi connectivity index (χ3v) is 1.53. The fourth-order valence-electron chi connectivity index (χ4n) is 0.876.